The molecule has 0 aliphatic heterocycles. The van der Waals surface area contributed by atoms with E-state index in [1.165, 1.54) is 205 Å². The summed E-state index contributed by atoms with van der Waals surface area (Å²) < 4.78 is 17.5. The predicted molar refractivity (Wildman–Crippen MR) is 279 cm³/mol. The molecule has 5 heteroatoms. The van der Waals surface area contributed by atoms with Gasteiger partial charge in [0, 0.05) is 19.4 Å². The molecule has 0 radical (unpaired) electrons. The number of hydrogen-bond acceptors (Lipinski definition) is 5. The Bertz CT molecular complexity index is 1020. The molecule has 1 atom stereocenters. The van der Waals surface area contributed by atoms with Crippen LogP contribution in [0.3, 0.4) is 0 Å². The zero-order valence-corrected chi connectivity index (χ0v) is 43.3. The SMILES string of the molecule is CC/C=C\C/C=C\C/C=C\CCCCCCOCC(COC(=O)CCCCCCCCCCCCCCCCCCCCC)OC(=O)CCCCCCCCCCCCCCCCC. The van der Waals surface area contributed by atoms with Gasteiger partial charge in [0.15, 0.2) is 6.10 Å². The summed E-state index contributed by atoms with van der Waals surface area (Å²) >= 11 is 0. The lowest BCUT2D eigenvalue weighted by molar-refractivity contribution is -0.163. The molecule has 376 valence electrons. The van der Waals surface area contributed by atoms with Crippen LogP contribution in [0.5, 0.6) is 0 Å². The second-order valence-corrected chi connectivity index (χ2v) is 19.2. The Balaban J connectivity index is 4.21. The van der Waals surface area contributed by atoms with Gasteiger partial charge in [-0.05, 0) is 51.4 Å². The smallest absolute Gasteiger partial charge is 0.306 e. The highest BCUT2D eigenvalue weighted by Gasteiger charge is 2.17. The zero-order chi connectivity index (χ0) is 46.3. The number of allylic oxidation sites excluding steroid dienone is 6. The van der Waals surface area contributed by atoms with E-state index < -0.39 is 6.10 Å². The highest BCUT2D eigenvalue weighted by Crippen LogP contribution is 2.17. The standard InChI is InChI=1S/C59H110O5/c1-4-7-10-13-16-19-22-25-28-29-30-31-33-34-37-40-43-46-49-52-58(60)63-56-57(55-62-54-51-48-45-42-39-36-27-24-21-18-15-12-9-6-3)64-59(61)53-50-47-44-41-38-35-32-26-23-20-17-14-11-8-5-2/h9,12,18,21,27,36,57H,4-8,10-11,13-17,19-20,22-26,28-35,37-56H2,1-3H3/b12-9-,21-18-,36-27-. The van der Waals surface area contributed by atoms with Crippen molar-refractivity contribution in [2.45, 2.75) is 309 Å². The monoisotopic (exact) mass is 899 g/mol. The Morgan fingerprint density at radius 1 is 0.359 bits per heavy atom. The van der Waals surface area contributed by atoms with Gasteiger partial charge in [-0.25, -0.2) is 0 Å². The van der Waals surface area contributed by atoms with E-state index >= 15 is 0 Å². The van der Waals surface area contributed by atoms with Crippen molar-refractivity contribution in [1.82, 2.24) is 0 Å². The third-order valence-electron chi connectivity index (χ3n) is 12.7. The summed E-state index contributed by atoms with van der Waals surface area (Å²) in [6, 6.07) is 0. The number of carbonyl (C=O) groups is 2. The number of carbonyl (C=O) groups excluding carboxylic acids is 2. The molecule has 0 aliphatic rings. The highest BCUT2D eigenvalue weighted by molar-refractivity contribution is 5.70. The Morgan fingerprint density at radius 3 is 1.12 bits per heavy atom. The summed E-state index contributed by atoms with van der Waals surface area (Å²) in [5.41, 5.74) is 0. The lowest BCUT2D eigenvalue weighted by Gasteiger charge is -2.18. The van der Waals surface area contributed by atoms with Crippen molar-refractivity contribution in [2.24, 2.45) is 0 Å². The minimum Gasteiger partial charge on any atom is -0.462 e. The van der Waals surface area contributed by atoms with Crippen molar-refractivity contribution in [3.8, 4) is 0 Å². The molecule has 1 unspecified atom stereocenters. The topological polar surface area (TPSA) is 61.8 Å². The van der Waals surface area contributed by atoms with Gasteiger partial charge in [-0.3, -0.25) is 9.59 Å². The van der Waals surface area contributed by atoms with Gasteiger partial charge in [0.2, 0.25) is 0 Å². The van der Waals surface area contributed by atoms with Crippen LogP contribution in [0.15, 0.2) is 36.5 Å². The van der Waals surface area contributed by atoms with Crippen molar-refractivity contribution in [3.05, 3.63) is 36.5 Å². The molecular formula is C59H110O5. The van der Waals surface area contributed by atoms with Crippen molar-refractivity contribution >= 4 is 11.9 Å². The Kier molecular flexibility index (Phi) is 53.8. The average molecular weight is 900 g/mol. The second kappa shape index (κ2) is 55.4. The first-order chi connectivity index (χ1) is 31.6. The van der Waals surface area contributed by atoms with E-state index in [1.807, 2.05) is 0 Å². The van der Waals surface area contributed by atoms with Crippen LogP contribution in [0, 0.1) is 0 Å². The number of hydrogen-bond donors (Lipinski definition) is 0. The highest BCUT2D eigenvalue weighted by atomic mass is 16.6. The van der Waals surface area contributed by atoms with Crippen LogP contribution in [0.25, 0.3) is 0 Å². The summed E-state index contributed by atoms with van der Waals surface area (Å²) in [6.45, 7) is 7.73. The third-order valence-corrected chi connectivity index (χ3v) is 12.7. The molecule has 0 aliphatic carbocycles. The summed E-state index contributed by atoms with van der Waals surface area (Å²) in [5.74, 6) is -0.389. The molecule has 0 N–H and O–H groups in total. The average Bonchev–Trinajstić information content (AvgIpc) is 3.30. The molecule has 64 heavy (non-hydrogen) atoms. The fourth-order valence-electron chi connectivity index (χ4n) is 8.47. The molecule has 0 saturated heterocycles. The molecule has 0 aromatic carbocycles. The van der Waals surface area contributed by atoms with E-state index in [0.717, 1.165) is 64.2 Å². The summed E-state index contributed by atoms with van der Waals surface area (Å²) in [6.07, 6.45) is 67.4. The van der Waals surface area contributed by atoms with Gasteiger partial charge >= 0.3 is 11.9 Å². The van der Waals surface area contributed by atoms with E-state index in [1.54, 1.807) is 0 Å². The van der Waals surface area contributed by atoms with Gasteiger partial charge < -0.3 is 14.2 Å². The van der Waals surface area contributed by atoms with Crippen molar-refractivity contribution in [2.75, 3.05) is 19.8 Å². The minimum atomic E-state index is -0.542. The fraction of sp³-hybridized carbons (Fsp3) is 0.864. The quantitative estimate of drug-likeness (QED) is 0.0346. The first kappa shape index (κ1) is 62.1. The Labute approximate surface area is 400 Å². The van der Waals surface area contributed by atoms with Crippen LogP contribution >= 0.6 is 0 Å². The molecule has 5 nitrogen and oxygen atoms in total. The van der Waals surface area contributed by atoms with E-state index in [2.05, 4.69) is 57.2 Å². The first-order valence-corrected chi connectivity index (χ1v) is 28.5. The van der Waals surface area contributed by atoms with E-state index in [-0.39, 0.29) is 25.2 Å². The van der Waals surface area contributed by atoms with Crippen molar-refractivity contribution in [1.29, 1.82) is 0 Å². The molecule has 0 amide bonds. The number of rotatable bonds is 53. The lowest BCUT2D eigenvalue weighted by Crippen LogP contribution is -2.30. The largest absolute Gasteiger partial charge is 0.462 e. The van der Waals surface area contributed by atoms with E-state index in [0.29, 0.717) is 19.4 Å². The molecule has 0 fully saturated rings. The number of esters is 2. The van der Waals surface area contributed by atoms with Crippen LogP contribution in [0.2, 0.25) is 0 Å². The predicted octanol–water partition coefficient (Wildman–Crippen LogP) is 19.4. The first-order valence-electron chi connectivity index (χ1n) is 28.5. The van der Waals surface area contributed by atoms with Gasteiger partial charge in [-0.2, -0.15) is 0 Å². The number of unbranched alkanes of at least 4 members (excludes halogenated alkanes) is 36. The van der Waals surface area contributed by atoms with Crippen LogP contribution in [-0.2, 0) is 23.8 Å². The van der Waals surface area contributed by atoms with Gasteiger partial charge in [-0.15, -0.1) is 0 Å². The van der Waals surface area contributed by atoms with Crippen LogP contribution in [0.4, 0.5) is 0 Å². The van der Waals surface area contributed by atoms with Gasteiger partial charge in [0.1, 0.15) is 6.61 Å². The Hall–Kier alpha value is -1.88. The summed E-state index contributed by atoms with van der Waals surface area (Å²) in [7, 11) is 0. The molecule has 0 spiro atoms. The molecule has 0 bridgehead atoms. The summed E-state index contributed by atoms with van der Waals surface area (Å²) in [4.78, 5) is 25.5. The molecule has 0 aromatic heterocycles. The van der Waals surface area contributed by atoms with Crippen molar-refractivity contribution < 1.29 is 23.8 Å². The van der Waals surface area contributed by atoms with Crippen molar-refractivity contribution in [3.63, 3.8) is 0 Å². The van der Waals surface area contributed by atoms with Crippen LogP contribution < -0.4 is 0 Å². The maximum Gasteiger partial charge on any atom is 0.306 e. The molecule has 0 saturated carbocycles. The zero-order valence-electron chi connectivity index (χ0n) is 43.3. The summed E-state index contributed by atoms with van der Waals surface area (Å²) in [5, 5.41) is 0. The maximum absolute atomic E-state index is 12.8. The Morgan fingerprint density at radius 2 is 0.703 bits per heavy atom. The molecular weight excluding hydrogens is 789 g/mol. The normalized spacial score (nSPS) is 12.4. The van der Waals surface area contributed by atoms with Crippen LogP contribution in [-0.4, -0.2) is 37.9 Å². The maximum atomic E-state index is 12.8. The second-order valence-electron chi connectivity index (χ2n) is 19.2. The molecule has 0 heterocycles. The van der Waals surface area contributed by atoms with E-state index in [9.17, 15) is 9.59 Å². The molecule has 0 rings (SSSR count). The van der Waals surface area contributed by atoms with Gasteiger partial charge in [-0.1, -0.05) is 276 Å². The molecule has 0 aromatic rings. The minimum absolute atomic E-state index is 0.0829. The fourth-order valence-corrected chi connectivity index (χ4v) is 8.47. The third kappa shape index (κ3) is 52.7. The van der Waals surface area contributed by atoms with Gasteiger partial charge in [0.25, 0.3) is 0 Å². The number of ether oxygens (including phenoxy) is 3. The van der Waals surface area contributed by atoms with Crippen LogP contribution in [0.1, 0.15) is 303 Å². The van der Waals surface area contributed by atoms with E-state index in [4.69, 9.17) is 14.2 Å². The van der Waals surface area contributed by atoms with Gasteiger partial charge in [0.05, 0.1) is 6.61 Å². The lowest BCUT2D eigenvalue weighted by atomic mass is 10.0.